The van der Waals surface area contributed by atoms with Crippen LogP contribution < -0.4 is 5.32 Å². The monoisotopic (exact) mass is 384 g/mol. The van der Waals surface area contributed by atoms with Crippen LogP contribution in [-0.2, 0) is 19.6 Å². The smallest absolute Gasteiger partial charge is 0.317 e. The molecule has 0 unspecified atom stereocenters. The average molecular weight is 384 g/mol. The van der Waals surface area contributed by atoms with Crippen molar-refractivity contribution in [2.75, 3.05) is 7.05 Å². The van der Waals surface area contributed by atoms with Gasteiger partial charge in [-0.3, -0.25) is 4.68 Å². The summed E-state index contributed by atoms with van der Waals surface area (Å²) >= 11 is 0. The van der Waals surface area contributed by atoms with Crippen molar-refractivity contribution in [1.82, 2.24) is 20.0 Å². The number of fused-ring (bicyclic) bond motifs is 1. The van der Waals surface area contributed by atoms with Crippen molar-refractivity contribution >= 4 is 16.8 Å². The molecule has 0 atom stereocenters. The summed E-state index contributed by atoms with van der Waals surface area (Å²) in [6, 6.07) is 24.5. The maximum atomic E-state index is 12.5. The first kappa shape index (κ1) is 18.7. The minimum Gasteiger partial charge on any atom is -0.334 e. The number of carbonyl (C=O) groups is 1. The van der Waals surface area contributed by atoms with Crippen LogP contribution in [-0.4, -0.2) is 27.8 Å². The Morgan fingerprint density at radius 2 is 1.72 bits per heavy atom. The summed E-state index contributed by atoms with van der Waals surface area (Å²) < 4.78 is 1.89. The molecule has 4 rings (SSSR count). The van der Waals surface area contributed by atoms with E-state index >= 15 is 0 Å². The van der Waals surface area contributed by atoms with E-state index in [4.69, 9.17) is 0 Å². The Balaban J connectivity index is 1.33. The summed E-state index contributed by atoms with van der Waals surface area (Å²) in [6.45, 7) is 1.73. The van der Waals surface area contributed by atoms with E-state index < -0.39 is 0 Å². The molecule has 4 aromatic rings. The highest BCUT2D eigenvalue weighted by atomic mass is 16.2. The first-order chi connectivity index (χ1) is 14.2. The molecule has 1 aromatic heterocycles. The predicted molar refractivity (Wildman–Crippen MR) is 115 cm³/mol. The lowest BCUT2D eigenvalue weighted by Gasteiger charge is -2.19. The summed E-state index contributed by atoms with van der Waals surface area (Å²) in [4.78, 5) is 14.2. The molecule has 0 aliphatic heterocycles. The molecular weight excluding hydrogens is 360 g/mol. The van der Waals surface area contributed by atoms with Gasteiger partial charge in [-0.1, -0.05) is 72.8 Å². The van der Waals surface area contributed by atoms with Gasteiger partial charge in [0.05, 0.1) is 12.7 Å². The summed E-state index contributed by atoms with van der Waals surface area (Å²) in [6.07, 6.45) is 3.77. The summed E-state index contributed by atoms with van der Waals surface area (Å²) in [5.74, 6) is 0. The van der Waals surface area contributed by atoms with Gasteiger partial charge in [0, 0.05) is 31.9 Å². The number of hydrogen-bond acceptors (Lipinski definition) is 2. The molecule has 0 fully saturated rings. The standard InChI is InChI=1S/C24H24N4O/c1-27(18-22-12-7-11-21-10-5-6-13-23(21)22)24(29)25-14-20-15-26-28(17-20)16-19-8-3-2-4-9-19/h2-13,15,17H,14,16,18H2,1H3,(H,25,29). The van der Waals surface area contributed by atoms with Crippen LogP contribution in [0.25, 0.3) is 10.8 Å². The van der Waals surface area contributed by atoms with Gasteiger partial charge in [0.25, 0.3) is 0 Å². The van der Waals surface area contributed by atoms with E-state index in [1.54, 1.807) is 11.1 Å². The molecule has 3 aromatic carbocycles. The SMILES string of the molecule is CN(Cc1cccc2ccccc12)C(=O)NCc1cnn(Cc2ccccc2)c1. The fraction of sp³-hybridized carbons (Fsp3) is 0.167. The minimum absolute atomic E-state index is 0.103. The summed E-state index contributed by atoms with van der Waals surface area (Å²) in [5, 5.41) is 9.73. The quantitative estimate of drug-likeness (QED) is 0.535. The van der Waals surface area contributed by atoms with Gasteiger partial charge in [0.1, 0.15) is 0 Å². The second kappa shape index (κ2) is 8.61. The largest absolute Gasteiger partial charge is 0.334 e. The van der Waals surface area contributed by atoms with Crippen molar-refractivity contribution in [3.63, 3.8) is 0 Å². The summed E-state index contributed by atoms with van der Waals surface area (Å²) in [5.41, 5.74) is 3.31. The third-order valence-electron chi connectivity index (χ3n) is 4.95. The number of aromatic nitrogens is 2. The van der Waals surface area contributed by atoms with Crippen LogP contribution in [0.4, 0.5) is 4.79 Å². The number of benzene rings is 3. The van der Waals surface area contributed by atoms with E-state index in [1.807, 2.05) is 54.3 Å². The van der Waals surface area contributed by atoms with Gasteiger partial charge in [0.15, 0.2) is 0 Å². The normalized spacial score (nSPS) is 10.8. The Hall–Kier alpha value is -3.60. The predicted octanol–water partition coefficient (Wildman–Crippen LogP) is 4.43. The van der Waals surface area contributed by atoms with E-state index in [2.05, 4.69) is 46.8 Å². The lowest BCUT2D eigenvalue weighted by Crippen LogP contribution is -2.36. The van der Waals surface area contributed by atoms with Crippen molar-refractivity contribution in [2.45, 2.75) is 19.6 Å². The van der Waals surface area contributed by atoms with Crippen molar-refractivity contribution in [1.29, 1.82) is 0 Å². The molecule has 1 heterocycles. The molecule has 5 nitrogen and oxygen atoms in total. The minimum atomic E-state index is -0.103. The molecule has 1 N–H and O–H groups in total. The van der Waals surface area contributed by atoms with Crippen molar-refractivity contribution < 1.29 is 4.79 Å². The molecule has 0 aliphatic carbocycles. The molecular formula is C24H24N4O. The summed E-state index contributed by atoms with van der Waals surface area (Å²) in [7, 11) is 1.82. The molecule has 0 saturated heterocycles. The van der Waals surface area contributed by atoms with E-state index in [9.17, 15) is 4.79 Å². The van der Waals surface area contributed by atoms with E-state index in [0.29, 0.717) is 13.1 Å². The first-order valence-corrected chi connectivity index (χ1v) is 9.70. The number of amides is 2. The van der Waals surface area contributed by atoms with E-state index in [1.165, 1.54) is 16.3 Å². The number of urea groups is 1. The Kier molecular flexibility index (Phi) is 5.56. The van der Waals surface area contributed by atoms with Gasteiger partial charge in [-0.25, -0.2) is 4.79 Å². The third-order valence-corrected chi connectivity index (χ3v) is 4.95. The van der Waals surface area contributed by atoms with Gasteiger partial charge in [-0.2, -0.15) is 5.10 Å². The van der Waals surface area contributed by atoms with Crippen LogP contribution >= 0.6 is 0 Å². The lowest BCUT2D eigenvalue weighted by atomic mass is 10.0. The maximum absolute atomic E-state index is 12.5. The molecule has 29 heavy (non-hydrogen) atoms. The number of nitrogens with zero attached hydrogens (tertiary/aromatic N) is 3. The van der Waals surface area contributed by atoms with Crippen LogP contribution in [0.2, 0.25) is 0 Å². The highest BCUT2D eigenvalue weighted by molar-refractivity contribution is 5.86. The average Bonchev–Trinajstić information content (AvgIpc) is 3.20. The molecule has 0 bridgehead atoms. The highest BCUT2D eigenvalue weighted by Crippen LogP contribution is 2.19. The molecule has 2 amide bonds. The molecule has 0 saturated carbocycles. The number of rotatable bonds is 6. The van der Waals surface area contributed by atoms with Gasteiger partial charge in [-0.15, -0.1) is 0 Å². The van der Waals surface area contributed by atoms with Gasteiger partial charge in [-0.05, 0) is 21.9 Å². The fourth-order valence-corrected chi connectivity index (χ4v) is 3.42. The fourth-order valence-electron chi connectivity index (χ4n) is 3.42. The van der Waals surface area contributed by atoms with E-state index in [0.717, 1.165) is 17.7 Å². The molecule has 0 spiro atoms. The van der Waals surface area contributed by atoms with Crippen LogP contribution in [0.3, 0.4) is 0 Å². The highest BCUT2D eigenvalue weighted by Gasteiger charge is 2.11. The first-order valence-electron chi connectivity index (χ1n) is 9.70. The van der Waals surface area contributed by atoms with Crippen LogP contribution in [0.5, 0.6) is 0 Å². The Bertz CT molecular complexity index is 1100. The lowest BCUT2D eigenvalue weighted by molar-refractivity contribution is 0.206. The third kappa shape index (κ3) is 4.63. The topological polar surface area (TPSA) is 50.2 Å². The molecule has 0 aliphatic rings. The zero-order valence-electron chi connectivity index (χ0n) is 16.5. The number of nitrogens with one attached hydrogen (secondary N) is 1. The van der Waals surface area contributed by atoms with Gasteiger partial charge < -0.3 is 10.2 Å². The Labute approximate surface area is 170 Å². The van der Waals surface area contributed by atoms with Gasteiger partial charge >= 0.3 is 6.03 Å². The van der Waals surface area contributed by atoms with E-state index in [-0.39, 0.29) is 6.03 Å². The zero-order chi connectivity index (χ0) is 20.1. The van der Waals surface area contributed by atoms with Crippen molar-refractivity contribution in [3.8, 4) is 0 Å². The van der Waals surface area contributed by atoms with Crippen LogP contribution in [0.1, 0.15) is 16.7 Å². The van der Waals surface area contributed by atoms with Crippen molar-refractivity contribution in [3.05, 3.63) is 102 Å². The van der Waals surface area contributed by atoms with Gasteiger partial charge in [0.2, 0.25) is 0 Å². The second-order valence-corrected chi connectivity index (χ2v) is 7.18. The Morgan fingerprint density at radius 1 is 0.966 bits per heavy atom. The zero-order valence-corrected chi connectivity index (χ0v) is 16.5. The number of carbonyl (C=O) groups excluding carboxylic acids is 1. The van der Waals surface area contributed by atoms with Crippen molar-refractivity contribution in [2.24, 2.45) is 0 Å². The maximum Gasteiger partial charge on any atom is 0.317 e. The van der Waals surface area contributed by atoms with Crippen LogP contribution in [0, 0.1) is 0 Å². The molecule has 5 heteroatoms. The van der Waals surface area contributed by atoms with Crippen LogP contribution in [0.15, 0.2) is 85.2 Å². The molecule has 146 valence electrons. The molecule has 0 radical (unpaired) electrons. The Morgan fingerprint density at radius 3 is 2.59 bits per heavy atom. The number of hydrogen-bond donors (Lipinski definition) is 1. The second-order valence-electron chi connectivity index (χ2n) is 7.18.